The molecule has 0 spiro atoms. The quantitative estimate of drug-likeness (QED) is 0.573. The highest BCUT2D eigenvalue weighted by Gasteiger charge is 2.15. The lowest BCUT2D eigenvalue weighted by atomic mass is 10.1. The molecule has 3 rings (SSSR count). The highest BCUT2D eigenvalue weighted by atomic mass is 32.2. The normalized spacial score (nSPS) is 10.7. The molecule has 2 aromatic carbocycles. The van der Waals surface area contributed by atoms with Gasteiger partial charge in [0.1, 0.15) is 5.75 Å². The van der Waals surface area contributed by atoms with Gasteiger partial charge in [-0.3, -0.25) is 4.79 Å². The SMILES string of the molecule is COc1cccc(-c2noc(CN(C)C(=O)CSCc3ccccc3C)n2)c1. The Hall–Kier alpha value is -2.80. The van der Waals surface area contributed by atoms with Gasteiger partial charge < -0.3 is 14.2 Å². The number of hydrogen-bond donors (Lipinski definition) is 0. The van der Waals surface area contributed by atoms with E-state index >= 15 is 0 Å². The number of amides is 1. The van der Waals surface area contributed by atoms with E-state index in [9.17, 15) is 4.79 Å². The number of benzene rings is 2. The summed E-state index contributed by atoms with van der Waals surface area (Å²) in [5, 5.41) is 4.00. The van der Waals surface area contributed by atoms with Crippen molar-refractivity contribution in [3.63, 3.8) is 0 Å². The van der Waals surface area contributed by atoms with Gasteiger partial charge in [-0.15, -0.1) is 11.8 Å². The van der Waals surface area contributed by atoms with Crippen molar-refractivity contribution in [1.82, 2.24) is 15.0 Å². The molecule has 0 saturated carbocycles. The van der Waals surface area contributed by atoms with Gasteiger partial charge in [0.25, 0.3) is 0 Å². The Morgan fingerprint density at radius 1 is 1.21 bits per heavy atom. The molecule has 28 heavy (non-hydrogen) atoms. The van der Waals surface area contributed by atoms with Crippen molar-refractivity contribution >= 4 is 17.7 Å². The molecule has 0 aliphatic carbocycles. The predicted molar refractivity (Wildman–Crippen MR) is 110 cm³/mol. The summed E-state index contributed by atoms with van der Waals surface area (Å²) in [6.07, 6.45) is 0. The molecule has 0 radical (unpaired) electrons. The van der Waals surface area contributed by atoms with Crippen LogP contribution in [0.1, 0.15) is 17.0 Å². The number of methoxy groups -OCH3 is 1. The van der Waals surface area contributed by atoms with Crippen LogP contribution in [0.5, 0.6) is 5.75 Å². The number of hydrogen-bond acceptors (Lipinski definition) is 6. The van der Waals surface area contributed by atoms with Gasteiger partial charge in [0.2, 0.25) is 17.6 Å². The zero-order chi connectivity index (χ0) is 19.9. The van der Waals surface area contributed by atoms with Gasteiger partial charge in [-0.05, 0) is 30.2 Å². The van der Waals surface area contributed by atoms with Crippen LogP contribution >= 0.6 is 11.8 Å². The maximum absolute atomic E-state index is 12.4. The average molecular weight is 398 g/mol. The Labute approximate surface area is 168 Å². The minimum absolute atomic E-state index is 0.0275. The minimum Gasteiger partial charge on any atom is -0.497 e. The summed E-state index contributed by atoms with van der Waals surface area (Å²) in [7, 11) is 3.35. The van der Waals surface area contributed by atoms with E-state index in [1.165, 1.54) is 11.1 Å². The first-order valence-corrected chi connectivity index (χ1v) is 10.1. The fourth-order valence-electron chi connectivity index (χ4n) is 2.62. The molecular weight excluding hydrogens is 374 g/mol. The highest BCUT2D eigenvalue weighted by molar-refractivity contribution is 7.99. The second-order valence-corrected chi connectivity index (χ2v) is 7.40. The van der Waals surface area contributed by atoms with Crippen LogP contribution in [0.2, 0.25) is 0 Å². The molecule has 3 aromatic rings. The monoisotopic (exact) mass is 397 g/mol. The summed E-state index contributed by atoms with van der Waals surface area (Å²) in [5.41, 5.74) is 3.30. The van der Waals surface area contributed by atoms with Crippen LogP contribution in [0, 0.1) is 6.92 Å². The third-order valence-electron chi connectivity index (χ3n) is 4.34. The van der Waals surface area contributed by atoms with Crippen molar-refractivity contribution in [3.05, 3.63) is 65.5 Å². The number of carbonyl (C=O) groups is 1. The third kappa shape index (κ3) is 5.13. The Kier molecular flexibility index (Phi) is 6.71. The zero-order valence-electron chi connectivity index (χ0n) is 16.2. The third-order valence-corrected chi connectivity index (χ3v) is 5.30. The van der Waals surface area contributed by atoms with Crippen molar-refractivity contribution in [2.75, 3.05) is 19.9 Å². The second kappa shape index (κ2) is 9.41. The molecule has 146 valence electrons. The molecule has 1 aromatic heterocycles. The topological polar surface area (TPSA) is 68.5 Å². The van der Waals surface area contributed by atoms with E-state index in [4.69, 9.17) is 9.26 Å². The maximum atomic E-state index is 12.4. The summed E-state index contributed by atoms with van der Waals surface area (Å²) < 4.78 is 10.5. The van der Waals surface area contributed by atoms with E-state index in [-0.39, 0.29) is 12.5 Å². The molecular formula is C21H23N3O3S. The van der Waals surface area contributed by atoms with Crippen molar-refractivity contribution < 1.29 is 14.1 Å². The number of aromatic nitrogens is 2. The molecule has 0 unspecified atom stereocenters. The second-order valence-electron chi connectivity index (χ2n) is 6.41. The number of carbonyl (C=O) groups excluding carboxylic acids is 1. The fraction of sp³-hybridized carbons (Fsp3) is 0.286. The van der Waals surface area contributed by atoms with Gasteiger partial charge in [0, 0.05) is 18.4 Å². The first-order chi connectivity index (χ1) is 13.6. The van der Waals surface area contributed by atoms with Gasteiger partial charge in [-0.2, -0.15) is 4.98 Å². The van der Waals surface area contributed by atoms with Crippen LogP contribution in [0.3, 0.4) is 0 Å². The van der Waals surface area contributed by atoms with Crippen LogP contribution in [0.25, 0.3) is 11.4 Å². The van der Waals surface area contributed by atoms with Crippen molar-refractivity contribution in [2.24, 2.45) is 0 Å². The van der Waals surface area contributed by atoms with E-state index in [1.54, 1.807) is 30.8 Å². The number of rotatable bonds is 8. The Morgan fingerprint density at radius 2 is 2.04 bits per heavy atom. The Balaban J connectivity index is 1.53. The molecule has 0 aliphatic heterocycles. The minimum atomic E-state index is 0.0275. The molecule has 1 heterocycles. The van der Waals surface area contributed by atoms with E-state index in [2.05, 4.69) is 29.2 Å². The van der Waals surface area contributed by atoms with Crippen LogP contribution in [-0.4, -0.2) is 40.9 Å². The van der Waals surface area contributed by atoms with Gasteiger partial charge in [-0.25, -0.2) is 0 Å². The largest absolute Gasteiger partial charge is 0.497 e. The summed E-state index contributed by atoms with van der Waals surface area (Å²) in [6, 6.07) is 15.7. The van der Waals surface area contributed by atoms with Gasteiger partial charge in [0.15, 0.2) is 0 Å². The van der Waals surface area contributed by atoms with Gasteiger partial charge >= 0.3 is 0 Å². The van der Waals surface area contributed by atoms with Crippen LogP contribution in [0.15, 0.2) is 53.1 Å². The van der Waals surface area contributed by atoms with Crippen molar-refractivity contribution in [2.45, 2.75) is 19.2 Å². The number of ether oxygens (including phenoxy) is 1. The first kappa shape index (κ1) is 19.9. The van der Waals surface area contributed by atoms with Crippen LogP contribution in [-0.2, 0) is 17.1 Å². The summed E-state index contributed by atoms with van der Waals surface area (Å²) in [4.78, 5) is 18.4. The molecule has 0 bridgehead atoms. The predicted octanol–water partition coefficient (Wildman–Crippen LogP) is 3.95. The Bertz CT molecular complexity index is 942. The lowest BCUT2D eigenvalue weighted by Crippen LogP contribution is -2.28. The van der Waals surface area contributed by atoms with Gasteiger partial charge in [-0.1, -0.05) is 41.6 Å². The first-order valence-electron chi connectivity index (χ1n) is 8.90. The fourth-order valence-corrected chi connectivity index (χ4v) is 3.66. The summed E-state index contributed by atoms with van der Waals surface area (Å²) in [6.45, 7) is 2.36. The molecule has 0 N–H and O–H groups in total. The van der Waals surface area contributed by atoms with Crippen molar-refractivity contribution in [1.29, 1.82) is 0 Å². The summed E-state index contributed by atoms with van der Waals surface area (Å²) >= 11 is 1.60. The maximum Gasteiger partial charge on any atom is 0.246 e. The molecule has 6 nitrogen and oxygen atoms in total. The molecule has 0 atom stereocenters. The average Bonchev–Trinajstić information content (AvgIpc) is 3.18. The molecule has 7 heteroatoms. The molecule has 0 fully saturated rings. The van der Waals surface area contributed by atoms with E-state index in [0.717, 1.165) is 17.1 Å². The number of aryl methyl sites for hydroxylation is 1. The number of thioether (sulfide) groups is 1. The summed E-state index contributed by atoms with van der Waals surface area (Å²) in [5.74, 6) is 2.84. The molecule has 0 saturated heterocycles. The molecule has 0 aliphatic rings. The number of nitrogens with zero attached hydrogens (tertiary/aromatic N) is 3. The van der Waals surface area contributed by atoms with E-state index < -0.39 is 0 Å². The van der Waals surface area contributed by atoms with Crippen LogP contribution in [0.4, 0.5) is 0 Å². The Morgan fingerprint density at radius 3 is 2.82 bits per heavy atom. The van der Waals surface area contributed by atoms with E-state index in [0.29, 0.717) is 17.5 Å². The lowest BCUT2D eigenvalue weighted by Gasteiger charge is -2.14. The van der Waals surface area contributed by atoms with E-state index in [1.807, 2.05) is 36.4 Å². The lowest BCUT2D eigenvalue weighted by molar-refractivity contribution is -0.127. The van der Waals surface area contributed by atoms with Gasteiger partial charge in [0.05, 0.1) is 19.4 Å². The smallest absolute Gasteiger partial charge is 0.246 e. The zero-order valence-corrected chi connectivity index (χ0v) is 17.0. The standard InChI is InChI=1S/C21H23N3O3S/c1-15-7-4-5-8-17(15)13-28-14-20(25)24(2)12-19-22-21(23-27-19)16-9-6-10-18(11-16)26-3/h4-11H,12-14H2,1-3H3. The van der Waals surface area contributed by atoms with Crippen molar-refractivity contribution in [3.8, 4) is 17.1 Å². The van der Waals surface area contributed by atoms with Crippen LogP contribution < -0.4 is 4.74 Å². The molecule has 1 amide bonds. The highest BCUT2D eigenvalue weighted by Crippen LogP contribution is 2.21.